The first kappa shape index (κ1) is 14.2. The first-order valence-electron chi connectivity index (χ1n) is 6.46. The van der Waals surface area contributed by atoms with E-state index in [0.717, 1.165) is 11.3 Å². The molecule has 3 rings (SSSR count). The molecule has 0 bridgehead atoms. The predicted molar refractivity (Wildman–Crippen MR) is 85.1 cm³/mol. The first-order chi connectivity index (χ1) is 10.6. The highest BCUT2D eigenvalue weighted by molar-refractivity contribution is 6.33. The zero-order valence-corrected chi connectivity index (χ0v) is 12.0. The minimum absolute atomic E-state index is 0.00124. The number of benzene rings is 2. The van der Waals surface area contributed by atoms with E-state index >= 15 is 0 Å². The van der Waals surface area contributed by atoms with Crippen LogP contribution in [-0.2, 0) is 4.79 Å². The van der Waals surface area contributed by atoms with Crippen LogP contribution in [0.5, 0.6) is 0 Å². The lowest BCUT2D eigenvalue weighted by Gasteiger charge is -2.05. The van der Waals surface area contributed by atoms with E-state index in [1.165, 1.54) is 12.1 Å². The molecule has 0 atom stereocenters. The van der Waals surface area contributed by atoms with Crippen LogP contribution in [0.4, 0.5) is 11.4 Å². The molecule has 110 valence electrons. The van der Waals surface area contributed by atoms with Gasteiger partial charge in [0.25, 0.3) is 5.91 Å². The Hall–Kier alpha value is -2.79. The Labute approximate surface area is 131 Å². The van der Waals surface area contributed by atoms with E-state index in [1.54, 1.807) is 12.3 Å². The Kier molecular flexibility index (Phi) is 3.56. The number of carboxylic acid groups (broad SMARTS) is 1. The van der Waals surface area contributed by atoms with Gasteiger partial charge in [-0.15, -0.1) is 0 Å². The molecule has 6 heteroatoms. The zero-order chi connectivity index (χ0) is 15.7. The maximum absolute atomic E-state index is 11.9. The van der Waals surface area contributed by atoms with Crippen molar-refractivity contribution in [3.8, 4) is 0 Å². The fraction of sp³-hybridized carbons (Fsp3) is 0. The number of aromatic carboxylic acids is 1. The van der Waals surface area contributed by atoms with E-state index in [1.807, 2.05) is 24.3 Å². The Morgan fingerprint density at radius 3 is 2.77 bits per heavy atom. The Balaban J connectivity index is 1.90. The van der Waals surface area contributed by atoms with Gasteiger partial charge >= 0.3 is 5.97 Å². The lowest BCUT2D eigenvalue weighted by molar-refractivity contribution is -0.110. The van der Waals surface area contributed by atoms with Gasteiger partial charge in [0.05, 0.1) is 16.2 Å². The van der Waals surface area contributed by atoms with Crippen LogP contribution in [0, 0.1) is 0 Å². The number of carbonyl (C=O) groups excluding carboxylic acids is 1. The number of carbonyl (C=O) groups is 2. The van der Waals surface area contributed by atoms with Gasteiger partial charge in [-0.2, -0.15) is 0 Å². The Morgan fingerprint density at radius 2 is 2.00 bits per heavy atom. The molecule has 0 radical (unpaired) electrons. The third-order valence-electron chi connectivity index (χ3n) is 3.29. The van der Waals surface area contributed by atoms with Crippen LogP contribution in [0.2, 0.25) is 5.02 Å². The molecule has 0 unspecified atom stereocenters. The van der Waals surface area contributed by atoms with Crippen molar-refractivity contribution in [2.75, 3.05) is 10.6 Å². The molecule has 1 amide bonds. The van der Waals surface area contributed by atoms with Gasteiger partial charge in [-0.1, -0.05) is 29.8 Å². The highest BCUT2D eigenvalue weighted by atomic mass is 35.5. The average molecular weight is 315 g/mol. The number of para-hydroxylation sites is 1. The summed E-state index contributed by atoms with van der Waals surface area (Å²) < 4.78 is 0. The predicted octanol–water partition coefficient (Wildman–Crippen LogP) is 3.44. The van der Waals surface area contributed by atoms with Crippen molar-refractivity contribution in [3.63, 3.8) is 0 Å². The summed E-state index contributed by atoms with van der Waals surface area (Å²) in [5.74, 6) is -1.31. The van der Waals surface area contributed by atoms with E-state index in [9.17, 15) is 9.59 Å². The molecular formula is C16H11ClN2O3. The summed E-state index contributed by atoms with van der Waals surface area (Å²) in [6.07, 6.45) is 1.55. The molecule has 0 fully saturated rings. The number of rotatable bonds is 3. The van der Waals surface area contributed by atoms with Crippen LogP contribution in [0.15, 0.2) is 48.7 Å². The van der Waals surface area contributed by atoms with Crippen LogP contribution in [-0.4, -0.2) is 17.0 Å². The Bertz CT molecular complexity index is 815. The van der Waals surface area contributed by atoms with Gasteiger partial charge in [-0.3, -0.25) is 4.79 Å². The van der Waals surface area contributed by atoms with Crippen LogP contribution in [0.25, 0.3) is 5.57 Å². The topological polar surface area (TPSA) is 78.4 Å². The van der Waals surface area contributed by atoms with E-state index in [-0.39, 0.29) is 16.5 Å². The lowest BCUT2D eigenvalue weighted by atomic mass is 10.1. The summed E-state index contributed by atoms with van der Waals surface area (Å²) in [6.45, 7) is 0. The smallest absolute Gasteiger partial charge is 0.337 e. The maximum Gasteiger partial charge on any atom is 0.337 e. The molecule has 5 nitrogen and oxygen atoms in total. The zero-order valence-electron chi connectivity index (χ0n) is 11.3. The van der Waals surface area contributed by atoms with Crippen molar-refractivity contribution in [2.24, 2.45) is 0 Å². The van der Waals surface area contributed by atoms with Crippen LogP contribution < -0.4 is 10.6 Å². The van der Waals surface area contributed by atoms with Crippen molar-refractivity contribution < 1.29 is 14.7 Å². The maximum atomic E-state index is 11.9. The SMILES string of the molecule is O=C1Nc2ccccc2/C1=C/Nc1ccc(Cl)c(C(=O)O)c1. The summed E-state index contributed by atoms with van der Waals surface area (Å²) in [7, 11) is 0. The second-order valence-electron chi connectivity index (χ2n) is 4.70. The molecule has 0 saturated heterocycles. The van der Waals surface area contributed by atoms with E-state index < -0.39 is 5.97 Å². The number of hydrogen-bond donors (Lipinski definition) is 3. The molecule has 1 aliphatic heterocycles. The van der Waals surface area contributed by atoms with E-state index in [4.69, 9.17) is 16.7 Å². The Morgan fingerprint density at radius 1 is 1.23 bits per heavy atom. The summed E-state index contributed by atoms with van der Waals surface area (Å²) >= 11 is 5.82. The van der Waals surface area contributed by atoms with Crippen molar-refractivity contribution >= 4 is 40.4 Å². The van der Waals surface area contributed by atoms with E-state index in [0.29, 0.717) is 11.3 Å². The fourth-order valence-electron chi connectivity index (χ4n) is 2.22. The second-order valence-corrected chi connectivity index (χ2v) is 5.11. The first-order valence-corrected chi connectivity index (χ1v) is 6.84. The van der Waals surface area contributed by atoms with Crippen molar-refractivity contribution in [2.45, 2.75) is 0 Å². The van der Waals surface area contributed by atoms with Gasteiger partial charge in [-0.25, -0.2) is 4.79 Å². The van der Waals surface area contributed by atoms with Gasteiger partial charge in [0.2, 0.25) is 0 Å². The van der Waals surface area contributed by atoms with Gasteiger partial charge < -0.3 is 15.7 Å². The van der Waals surface area contributed by atoms with Crippen LogP contribution in [0.1, 0.15) is 15.9 Å². The van der Waals surface area contributed by atoms with Crippen molar-refractivity contribution in [1.82, 2.24) is 0 Å². The normalized spacial score (nSPS) is 14.6. The van der Waals surface area contributed by atoms with Crippen molar-refractivity contribution in [1.29, 1.82) is 0 Å². The van der Waals surface area contributed by atoms with Gasteiger partial charge in [0.1, 0.15) is 0 Å². The monoisotopic (exact) mass is 314 g/mol. The summed E-state index contributed by atoms with van der Waals surface area (Å²) in [4.78, 5) is 23.0. The molecule has 2 aromatic carbocycles. The number of hydrogen-bond acceptors (Lipinski definition) is 3. The molecule has 0 aliphatic carbocycles. The number of halogens is 1. The lowest BCUT2D eigenvalue weighted by Crippen LogP contribution is -2.05. The number of amides is 1. The van der Waals surface area contributed by atoms with Crippen molar-refractivity contribution in [3.05, 3.63) is 64.8 Å². The minimum atomic E-state index is -1.11. The van der Waals surface area contributed by atoms with Crippen LogP contribution >= 0.6 is 11.6 Å². The molecule has 3 N–H and O–H groups in total. The highest BCUT2D eigenvalue weighted by Gasteiger charge is 2.23. The third kappa shape index (κ3) is 2.54. The molecule has 1 aliphatic rings. The summed E-state index contributed by atoms with van der Waals surface area (Å²) in [5.41, 5.74) is 2.57. The molecular weight excluding hydrogens is 304 g/mol. The molecule has 0 saturated carbocycles. The second kappa shape index (κ2) is 5.54. The number of anilines is 2. The molecule has 0 spiro atoms. The quantitative estimate of drug-likeness (QED) is 0.758. The van der Waals surface area contributed by atoms with Gasteiger partial charge in [0, 0.05) is 23.1 Å². The van der Waals surface area contributed by atoms with Gasteiger partial charge in [0.15, 0.2) is 0 Å². The standard InChI is InChI=1S/C16H11ClN2O3/c17-13-6-5-9(7-11(13)16(21)22)18-8-12-10-3-1-2-4-14(10)19-15(12)20/h1-8,18H,(H,19,20)(H,21,22)/b12-8-. The molecule has 1 heterocycles. The molecule has 22 heavy (non-hydrogen) atoms. The fourth-order valence-corrected chi connectivity index (χ4v) is 2.42. The van der Waals surface area contributed by atoms with Crippen LogP contribution in [0.3, 0.4) is 0 Å². The largest absolute Gasteiger partial charge is 0.478 e. The number of nitrogens with one attached hydrogen (secondary N) is 2. The minimum Gasteiger partial charge on any atom is -0.478 e. The van der Waals surface area contributed by atoms with Gasteiger partial charge in [-0.05, 0) is 24.3 Å². The third-order valence-corrected chi connectivity index (χ3v) is 3.62. The summed E-state index contributed by atoms with van der Waals surface area (Å²) in [6, 6.07) is 11.9. The molecule has 0 aromatic heterocycles. The highest BCUT2D eigenvalue weighted by Crippen LogP contribution is 2.31. The number of carboxylic acids is 1. The molecule has 2 aromatic rings. The number of fused-ring (bicyclic) bond motifs is 1. The van der Waals surface area contributed by atoms with E-state index in [2.05, 4.69) is 10.6 Å². The summed E-state index contributed by atoms with van der Waals surface area (Å²) in [5, 5.41) is 14.9. The average Bonchev–Trinajstić information content (AvgIpc) is 2.81.